The first-order valence-corrected chi connectivity index (χ1v) is 9.48. The predicted molar refractivity (Wildman–Crippen MR) is 99.0 cm³/mol. The molecule has 2 rings (SSSR count). The second-order valence-corrected chi connectivity index (χ2v) is 7.46. The summed E-state index contributed by atoms with van der Waals surface area (Å²) in [5.41, 5.74) is 1.20. The molecular formula is C20H32N3O2+. The molecule has 0 bridgehead atoms. The van der Waals surface area contributed by atoms with E-state index in [0.29, 0.717) is 5.92 Å². The molecule has 0 aliphatic heterocycles. The van der Waals surface area contributed by atoms with Crippen LogP contribution in [0.4, 0.5) is 4.79 Å². The summed E-state index contributed by atoms with van der Waals surface area (Å²) in [6.45, 7) is 6.14. The highest BCUT2D eigenvalue weighted by molar-refractivity contribution is 5.96. The first-order chi connectivity index (χ1) is 12.0. The summed E-state index contributed by atoms with van der Waals surface area (Å²) in [6.07, 6.45) is 5.55. The summed E-state index contributed by atoms with van der Waals surface area (Å²) < 4.78 is 0. The quantitative estimate of drug-likeness (QED) is 0.740. The maximum atomic E-state index is 12.4. The minimum absolute atomic E-state index is 0.184. The number of imide groups is 1. The van der Waals surface area contributed by atoms with E-state index in [0.717, 1.165) is 25.7 Å². The highest BCUT2D eigenvalue weighted by Gasteiger charge is 2.27. The van der Waals surface area contributed by atoms with Crippen LogP contribution in [0.15, 0.2) is 30.3 Å². The van der Waals surface area contributed by atoms with Crippen LogP contribution in [0.2, 0.25) is 0 Å². The smallest absolute Gasteiger partial charge is 0.321 e. The van der Waals surface area contributed by atoms with Gasteiger partial charge in [0.05, 0.1) is 0 Å². The summed E-state index contributed by atoms with van der Waals surface area (Å²) in [5, 5.41) is 7.48. The van der Waals surface area contributed by atoms with Gasteiger partial charge in [-0.3, -0.25) is 10.1 Å². The molecule has 1 aromatic carbocycles. The summed E-state index contributed by atoms with van der Waals surface area (Å²) in [5.74, 6) is 0.142. The van der Waals surface area contributed by atoms with Crippen molar-refractivity contribution in [2.45, 2.75) is 71.0 Å². The molecule has 1 fully saturated rings. The van der Waals surface area contributed by atoms with Crippen molar-refractivity contribution in [1.82, 2.24) is 10.6 Å². The molecule has 0 saturated heterocycles. The summed E-state index contributed by atoms with van der Waals surface area (Å²) in [4.78, 5) is 24.4. The van der Waals surface area contributed by atoms with E-state index in [-0.39, 0.29) is 30.1 Å². The lowest BCUT2D eigenvalue weighted by atomic mass is 9.95. The molecule has 1 aromatic rings. The molecule has 1 aliphatic rings. The zero-order valence-electron chi connectivity index (χ0n) is 15.6. The maximum absolute atomic E-state index is 12.4. The summed E-state index contributed by atoms with van der Waals surface area (Å²) in [7, 11) is 0. The average Bonchev–Trinajstić information content (AvgIpc) is 2.60. The fourth-order valence-corrected chi connectivity index (χ4v) is 3.49. The van der Waals surface area contributed by atoms with Crippen molar-refractivity contribution in [2.75, 3.05) is 0 Å². The van der Waals surface area contributed by atoms with E-state index in [1.807, 2.05) is 30.4 Å². The van der Waals surface area contributed by atoms with Crippen LogP contribution in [0.5, 0.6) is 0 Å². The topological polar surface area (TPSA) is 74.8 Å². The Bertz CT molecular complexity index is 553. The van der Waals surface area contributed by atoms with Gasteiger partial charge in [-0.2, -0.15) is 0 Å². The molecule has 3 amide bonds. The molecule has 0 aromatic heterocycles. The third-order valence-electron chi connectivity index (χ3n) is 4.99. The number of hydrogen-bond donors (Lipinski definition) is 3. The van der Waals surface area contributed by atoms with Crippen molar-refractivity contribution in [3.05, 3.63) is 35.9 Å². The SMILES string of the molecule is CC(C)[C@@H]([NH2+][C@H](C)C(=O)NC(=O)NC1CCCCC1)c1ccccc1. The lowest BCUT2D eigenvalue weighted by Crippen LogP contribution is -2.93. The molecule has 138 valence electrons. The molecule has 2 atom stereocenters. The standard InChI is InChI=1S/C20H31N3O2/c1-14(2)18(16-10-6-4-7-11-16)21-15(3)19(24)23-20(25)22-17-12-8-5-9-13-17/h4,6-7,10-11,14-15,17-18,21H,5,8-9,12-13H2,1-3H3,(H2,22,23,24,25)/p+1/t15-,18-/m1/s1. The van der Waals surface area contributed by atoms with Gasteiger partial charge in [0.1, 0.15) is 6.04 Å². The Morgan fingerprint density at radius 3 is 2.28 bits per heavy atom. The number of quaternary nitrogens is 1. The van der Waals surface area contributed by atoms with Crippen molar-refractivity contribution >= 4 is 11.9 Å². The van der Waals surface area contributed by atoms with Crippen LogP contribution in [0, 0.1) is 5.92 Å². The summed E-state index contributed by atoms with van der Waals surface area (Å²) >= 11 is 0. The van der Waals surface area contributed by atoms with Crippen LogP contribution in [0.3, 0.4) is 0 Å². The van der Waals surface area contributed by atoms with Gasteiger partial charge in [-0.1, -0.05) is 63.4 Å². The Balaban J connectivity index is 1.86. The van der Waals surface area contributed by atoms with Crippen molar-refractivity contribution in [2.24, 2.45) is 5.92 Å². The number of nitrogens with one attached hydrogen (secondary N) is 2. The second-order valence-electron chi connectivity index (χ2n) is 7.46. The lowest BCUT2D eigenvalue weighted by Gasteiger charge is -2.24. The van der Waals surface area contributed by atoms with Gasteiger partial charge in [-0.05, 0) is 19.8 Å². The van der Waals surface area contributed by atoms with E-state index in [2.05, 4.69) is 36.6 Å². The summed E-state index contributed by atoms with van der Waals surface area (Å²) in [6, 6.07) is 9.89. The van der Waals surface area contributed by atoms with E-state index >= 15 is 0 Å². The van der Waals surface area contributed by atoms with Gasteiger partial charge in [0.25, 0.3) is 5.91 Å². The molecule has 1 saturated carbocycles. The lowest BCUT2D eigenvalue weighted by molar-refractivity contribution is -0.719. The fourth-order valence-electron chi connectivity index (χ4n) is 3.49. The van der Waals surface area contributed by atoms with Gasteiger partial charge < -0.3 is 10.6 Å². The highest BCUT2D eigenvalue weighted by atomic mass is 16.2. The Hall–Kier alpha value is -1.88. The molecule has 0 radical (unpaired) electrons. The van der Waals surface area contributed by atoms with E-state index in [9.17, 15) is 9.59 Å². The van der Waals surface area contributed by atoms with Crippen LogP contribution in [-0.2, 0) is 4.79 Å². The molecule has 0 spiro atoms. The van der Waals surface area contributed by atoms with Crippen LogP contribution < -0.4 is 16.0 Å². The van der Waals surface area contributed by atoms with Crippen LogP contribution in [0.1, 0.15) is 64.5 Å². The Labute approximate surface area is 151 Å². The monoisotopic (exact) mass is 346 g/mol. The Morgan fingerprint density at radius 2 is 1.68 bits per heavy atom. The van der Waals surface area contributed by atoms with Gasteiger partial charge in [0.15, 0.2) is 6.04 Å². The molecule has 0 heterocycles. The van der Waals surface area contributed by atoms with E-state index in [1.54, 1.807) is 0 Å². The number of urea groups is 1. The molecule has 25 heavy (non-hydrogen) atoms. The van der Waals surface area contributed by atoms with E-state index < -0.39 is 0 Å². The molecule has 0 unspecified atom stereocenters. The van der Waals surface area contributed by atoms with Crippen molar-refractivity contribution in [3.63, 3.8) is 0 Å². The molecular weight excluding hydrogens is 314 g/mol. The van der Waals surface area contributed by atoms with E-state index in [1.165, 1.54) is 12.0 Å². The number of benzene rings is 1. The number of carbonyl (C=O) groups is 2. The highest BCUT2D eigenvalue weighted by Crippen LogP contribution is 2.18. The first kappa shape index (κ1) is 19.4. The number of rotatable bonds is 6. The number of amides is 3. The number of hydrogen-bond acceptors (Lipinski definition) is 2. The second kappa shape index (κ2) is 9.56. The zero-order valence-corrected chi connectivity index (χ0v) is 15.6. The van der Waals surface area contributed by atoms with Crippen LogP contribution in [-0.4, -0.2) is 24.0 Å². The molecule has 5 nitrogen and oxygen atoms in total. The van der Waals surface area contributed by atoms with Gasteiger partial charge >= 0.3 is 6.03 Å². The van der Waals surface area contributed by atoms with Gasteiger partial charge in [-0.15, -0.1) is 0 Å². The largest absolute Gasteiger partial charge is 0.335 e. The third-order valence-corrected chi connectivity index (χ3v) is 4.99. The normalized spacial score (nSPS) is 17.8. The van der Waals surface area contributed by atoms with Gasteiger partial charge in [-0.25, -0.2) is 4.79 Å². The Kier molecular flexibility index (Phi) is 7.44. The van der Waals surface area contributed by atoms with Crippen molar-refractivity contribution in [1.29, 1.82) is 0 Å². The fraction of sp³-hybridized carbons (Fsp3) is 0.600. The molecule has 5 heteroatoms. The molecule has 4 N–H and O–H groups in total. The van der Waals surface area contributed by atoms with E-state index in [4.69, 9.17) is 0 Å². The first-order valence-electron chi connectivity index (χ1n) is 9.48. The minimum atomic E-state index is -0.363. The van der Waals surface area contributed by atoms with Crippen molar-refractivity contribution < 1.29 is 14.9 Å². The number of carbonyl (C=O) groups excluding carboxylic acids is 2. The van der Waals surface area contributed by atoms with Gasteiger partial charge in [0, 0.05) is 17.5 Å². The zero-order chi connectivity index (χ0) is 18.2. The predicted octanol–water partition coefficient (Wildman–Crippen LogP) is 2.49. The molecule has 1 aliphatic carbocycles. The van der Waals surface area contributed by atoms with Crippen molar-refractivity contribution in [3.8, 4) is 0 Å². The minimum Gasteiger partial charge on any atom is -0.335 e. The van der Waals surface area contributed by atoms with Gasteiger partial charge in [0.2, 0.25) is 0 Å². The average molecular weight is 346 g/mol. The Morgan fingerprint density at radius 1 is 1.04 bits per heavy atom. The number of nitrogens with two attached hydrogens (primary N) is 1. The maximum Gasteiger partial charge on any atom is 0.321 e. The van der Waals surface area contributed by atoms with Crippen LogP contribution in [0.25, 0.3) is 0 Å². The third kappa shape index (κ3) is 6.16. The van der Waals surface area contributed by atoms with Crippen LogP contribution >= 0.6 is 0 Å².